The van der Waals surface area contributed by atoms with Crippen LogP contribution in [0.25, 0.3) is 0 Å². The summed E-state index contributed by atoms with van der Waals surface area (Å²) in [6.45, 7) is 2.06. The summed E-state index contributed by atoms with van der Waals surface area (Å²) in [5, 5.41) is 0. The van der Waals surface area contributed by atoms with Crippen LogP contribution in [0.4, 0.5) is 4.39 Å². The molecule has 0 aliphatic heterocycles. The highest BCUT2D eigenvalue weighted by Gasteiger charge is 2.01. The standard InChI is InChI=1S/C11H10FNO2/c1-8-13-6-11(15-8)7-14-10-4-2-9(12)3-5-10/h2-6H,7H2,1H3. The normalized spacial score (nSPS) is 10.3. The average Bonchev–Trinajstić information content (AvgIpc) is 2.64. The van der Waals surface area contributed by atoms with Crippen LogP contribution in [0.1, 0.15) is 11.7 Å². The van der Waals surface area contributed by atoms with Crippen molar-refractivity contribution < 1.29 is 13.5 Å². The zero-order valence-corrected chi connectivity index (χ0v) is 8.24. The lowest BCUT2D eigenvalue weighted by Crippen LogP contribution is -1.93. The van der Waals surface area contributed by atoms with Crippen molar-refractivity contribution >= 4 is 0 Å². The molecule has 0 radical (unpaired) electrons. The fourth-order valence-electron chi connectivity index (χ4n) is 1.16. The summed E-state index contributed by atoms with van der Waals surface area (Å²) in [5.41, 5.74) is 0. The van der Waals surface area contributed by atoms with E-state index in [1.54, 1.807) is 25.3 Å². The molecule has 0 bridgehead atoms. The van der Waals surface area contributed by atoms with E-state index in [-0.39, 0.29) is 5.82 Å². The highest BCUT2D eigenvalue weighted by molar-refractivity contribution is 5.22. The third kappa shape index (κ3) is 2.56. The topological polar surface area (TPSA) is 35.3 Å². The Labute approximate surface area is 86.5 Å². The minimum atomic E-state index is -0.280. The van der Waals surface area contributed by atoms with Crippen molar-refractivity contribution in [2.75, 3.05) is 0 Å². The highest BCUT2D eigenvalue weighted by atomic mass is 19.1. The second-order valence-corrected chi connectivity index (χ2v) is 3.09. The van der Waals surface area contributed by atoms with Crippen LogP contribution >= 0.6 is 0 Å². The van der Waals surface area contributed by atoms with Gasteiger partial charge in [0.05, 0.1) is 6.20 Å². The predicted octanol–water partition coefficient (Wildman–Crippen LogP) is 2.70. The van der Waals surface area contributed by atoms with E-state index in [4.69, 9.17) is 9.15 Å². The van der Waals surface area contributed by atoms with Gasteiger partial charge in [-0.05, 0) is 24.3 Å². The lowest BCUT2D eigenvalue weighted by molar-refractivity contribution is 0.267. The number of hydrogen-bond donors (Lipinski definition) is 0. The monoisotopic (exact) mass is 207 g/mol. The summed E-state index contributed by atoms with van der Waals surface area (Å²) in [4.78, 5) is 3.94. The molecule has 0 N–H and O–H groups in total. The van der Waals surface area contributed by atoms with Gasteiger partial charge in [0.25, 0.3) is 0 Å². The SMILES string of the molecule is Cc1ncc(COc2ccc(F)cc2)o1. The van der Waals surface area contributed by atoms with Crippen molar-refractivity contribution in [2.24, 2.45) is 0 Å². The van der Waals surface area contributed by atoms with Gasteiger partial charge in [0, 0.05) is 6.92 Å². The molecule has 4 heteroatoms. The molecule has 0 unspecified atom stereocenters. The van der Waals surface area contributed by atoms with Crippen LogP contribution in [-0.2, 0) is 6.61 Å². The Kier molecular flexibility index (Phi) is 2.67. The first-order valence-electron chi connectivity index (χ1n) is 4.54. The van der Waals surface area contributed by atoms with Crippen LogP contribution in [0, 0.1) is 12.7 Å². The maximum absolute atomic E-state index is 12.6. The molecule has 0 aliphatic carbocycles. The van der Waals surface area contributed by atoms with Crippen molar-refractivity contribution in [2.45, 2.75) is 13.5 Å². The second kappa shape index (κ2) is 4.13. The molecule has 3 nitrogen and oxygen atoms in total. The Morgan fingerprint density at radius 1 is 1.33 bits per heavy atom. The number of hydrogen-bond acceptors (Lipinski definition) is 3. The van der Waals surface area contributed by atoms with E-state index in [0.717, 1.165) is 0 Å². The van der Waals surface area contributed by atoms with E-state index >= 15 is 0 Å². The van der Waals surface area contributed by atoms with Crippen LogP contribution in [0.2, 0.25) is 0 Å². The van der Waals surface area contributed by atoms with Crippen molar-refractivity contribution in [1.29, 1.82) is 0 Å². The second-order valence-electron chi connectivity index (χ2n) is 3.09. The number of rotatable bonds is 3. The summed E-state index contributed by atoms with van der Waals surface area (Å²) in [6, 6.07) is 5.83. The van der Waals surface area contributed by atoms with E-state index < -0.39 is 0 Å². The van der Waals surface area contributed by atoms with Crippen LogP contribution in [0.15, 0.2) is 34.9 Å². The minimum absolute atomic E-state index is 0.280. The van der Waals surface area contributed by atoms with Gasteiger partial charge in [-0.25, -0.2) is 9.37 Å². The Balaban J connectivity index is 1.96. The molecule has 1 heterocycles. The summed E-state index contributed by atoms with van der Waals surface area (Å²) in [6.07, 6.45) is 1.61. The van der Waals surface area contributed by atoms with E-state index in [1.807, 2.05) is 0 Å². The van der Waals surface area contributed by atoms with Crippen molar-refractivity contribution in [3.05, 3.63) is 47.9 Å². The number of benzene rings is 1. The number of aromatic nitrogens is 1. The quantitative estimate of drug-likeness (QED) is 0.776. The third-order valence-electron chi connectivity index (χ3n) is 1.86. The zero-order chi connectivity index (χ0) is 10.7. The van der Waals surface area contributed by atoms with Gasteiger partial charge >= 0.3 is 0 Å². The molecule has 1 aromatic carbocycles. The van der Waals surface area contributed by atoms with Crippen molar-refractivity contribution in [3.63, 3.8) is 0 Å². The number of ether oxygens (including phenoxy) is 1. The first-order chi connectivity index (χ1) is 7.24. The van der Waals surface area contributed by atoms with Gasteiger partial charge in [0.1, 0.15) is 18.2 Å². The van der Waals surface area contributed by atoms with Gasteiger partial charge in [-0.1, -0.05) is 0 Å². The molecule has 1 aromatic heterocycles. The third-order valence-corrected chi connectivity index (χ3v) is 1.86. The Morgan fingerprint density at radius 3 is 2.67 bits per heavy atom. The van der Waals surface area contributed by atoms with Gasteiger partial charge in [-0.15, -0.1) is 0 Å². The molecule has 0 atom stereocenters. The largest absolute Gasteiger partial charge is 0.486 e. The summed E-state index contributed by atoms with van der Waals surface area (Å²) >= 11 is 0. The highest BCUT2D eigenvalue weighted by Crippen LogP contribution is 2.13. The molecule has 0 saturated heterocycles. The van der Waals surface area contributed by atoms with Gasteiger partial charge in [0.2, 0.25) is 0 Å². The van der Waals surface area contributed by atoms with Crippen LogP contribution in [0.3, 0.4) is 0 Å². The van der Waals surface area contributed by atoms with Crippen LogP contribution in [0.5, 0.6) is 5.75 Å². The van der Waals surface area contributed by atoms with E-state index in [1.165, 1.54) is 12.1 Å². The molecule has 0 saturated carbocycles. The average molecular weight is 207 g/mol. The van der Waals surface area contributed by atoms with Crippen molar-refractivity contribution in [3.8, 4) is 5.75 Å². The van der Waals surface area contributed by atoms with Crippen molar-refractivity contribution in [1.82, 2.24) is 4.98 Å². The van der Waals surface area contributed by atoms with E-state index in [0.29, 0.717) is 24.0 Å². The van der Waals surface area contributed by atoms with Crippen LogP contribution < -0.4 is 4.74 Å². The number of oxazole rings is 1. The molecule has 78 valence electrons. The minimum Gasteiger partial charge on any atom is -0.486 e. The Morgan fingerprint density at radius 2 is 2.07 bits per heavy atom. The summed E-state index contributed by atoms with van der Waals surface area (Å²) in [7, 11) is 0. The van der Waals surface area contributed by atoms with Gasteiger partial charge in [-0.3, -0.25) is 0 Å². The molecule has 15 heavy (non-hydrogen) atoms. The van der Waals surface area contributed by atoms with Gasteiger partial charge in [0.15, 0.2) is 11.7 Å². The molecule has 0 fully saturated rings. The number of aryl methyl sites for hydroxylation is 1. The fourth-order valence-corrected chi connectivity index (χ4v) is 1.16. The number of nitrogens with zero attached hydrogens (tertiary/aromatic N) is 1. The molecule has 0 spiro atoms. The molecule has 2 rings (SSSR count). The summed E-state index contributed by atoms with van der Waals surface area (Å²) in [5.74, 6) is 1.58. The van der Waals surface area contributed by atoms with E-state index in [9.17, 15) is 4.39 Å². The molecular formula is C11H10FNO2. The Hall–Kier alpha value is -1.84. The van der Waals surface area contributed by atoms with Crippen LogP contribution in [-0.4, -0.2) is 4.98 Å². The Bertz CT molecular complexity index is 436. The lowest BCUT2D eigenvalue weighted by atomic mass is 10.3. The smallest absolute Gasteiger partial charge is 0.191 e. The maximum Gasteiger partial charge on any atom is 0.191 e. The maximum atomic E-state index is 12.6. The van der Waals surface area contributed by atoms with Gasteiger partial charge < -0.3 is 9.15 Å². The molecule has 0 aliphatic rings. The van der Waals surface area contributed by atoms with Gasteiger partial charge in [-0.2, -0.15) is 0 Å². The van der Waals surface area contributed by atoms with E-state index in [2.05, 4.69) is 4.98 Å². The number of halogens is 1. The zero-order valence-electron chi connectivity index (χ0n) is 8.24. The first kappa shape index (κ1) is 9.71. The fraction of sp³-hybridized carbons (Fsp3) is 0.182. The molecule has 2 aromatic rings. The first-order valence-corrected chi connectivity index (χ1v) is 4.54. The summed E-state index contributed by atoms with van der Waals surface area (Å²) < 4.78 is 23.1. The molecular weight excluding hydrogens is 197 g/mol. The lowest BCUT2D eigenvalue weighted by Gasteiger charge is -2.02. The molecule has 0 amide bonds. The predicted molar refractivity (Wildman–Crippen MR) is 52.0 cm³/mol.